The molecule has 3 nitrogen and oxygen atoms in total. The van der Waals surface area contributed by atoms with Gasteiger partial charge in [-0.25, -0.2) is 4.79 Å². The molecule has 4 heteroatoms. The first kappa shape index (κ1) is 12.6. The van der Waals surface area contributed by atoms with Crippen LogP contribution in [0.25, 0.3) is 6.08 Å². The van der Waals surface area contributed by atoms with Crippen LogP contribution in [0.2, 0.25) is 0 Å². The quantitative estimate of drug-likeness (QED) is 0.499. The van der Waals surface area contributed by atoms with Crippen LogP contribution in [0, 0.1) is 0 Å². The molecule has 0 saturated carbocycles. The second kappa shape index (κ2) is 6.18. The van der Waals surface area contributed by atoms with E-state index in [1.54, 1.807) is 37.3 Å². The van der Waals surface area contributed by atoms with Gasteiger partial charge in [0.15, 0.2) is 0 Å². The summed E-state index contributed by atoms with van der Waals surface area (Å²) in [5.41, 5.74) is 7.62. The normalized spacial score (nSPS) is 10.6. The predicted octanol–water partition coefficient (Wildman–Crippen LogP) is 2.70. The molecule has 0 atom stereocenters. The van der Waals surface area contributed by atoms with Crippen LogP contribution < -0.4 is 5.73 Å². The van der Waals surface area contributed by atoms with Gasteiger partial charge in [0.1, 0.15) is 0 Å². The highest BCUT2D eigenvalue weighted by Gasteiger charge is 2.07. The number of hydrogen-bond acceptors (Lipinski definition) is 3. The van der Waals surface area contributed by atoms with Crippen LogP contribution >= 0.6 is 11.6 Å². The third-order valence-electron chi connectivity index (χ3n) is 1.98. The van der Waals surface area contributed by atoms with Crippen molar-refractivity contribution in [3.8, 4) is 0 Å². The predicted molar refractivity (Wildman–Crippen MR) is 66.6 cm³/mol. The smallest absolute Gasteiger partial charge is 0.338 e. The van der Waals surface area contributed by atoms with Gasteiger partial charge in [-0.3, -0.25) is 0 Å². The SMILES string of the molecule is CCOC(=O)c1ccc(N)c(C=CCCl)c1. The second-order valence-electron chi connectivity index (χ2n) is 3.12. The summed E-state index contributed by atoms with van der Waals surface area (Å²) in [5.74, 6) is 0.0614. The Morgan fingerprint density at radius 1 is 1.56 bits per heavy atom. The molecule has 0 saturated heterocycles. The Labute approximate surface area is 99.8 Å². The molecule has 16 heavy (non-hydrogen) atoms. The van der Waals surface area contributed by atoms with E-state index in [1.165, 1.54) is 0 Å². The van der Waals surface area contributed by atoms with Crippen LogP contribution in [0.15, 0.2) is 24.3 Å². The summed E-state index contributed by atoms with van der Waals surface area (Å²) in [5, 5.41) is 0. The number of hydrogen-bond donors (Lipinski definition) is 1. The lowest BCUT2D eigenvalue weighted by Gasteiger charge is -2.05. The van der Waals surface area contributed by atoms with E-state index in [-0.39, 0.29) is 5.97 Å². The van der Waals surface area contributed by atoms with Gasteiger partial charge in [-0.1, -0.05) is 12.2 Å². The van der Waals surface area contributed by atoms with E-state index in [1.807, 2.05) is 0 Å². The number of nitrogen functional groups attached to an aromatic ring is 1. The number of halogens is 1. The molecule has 0 aromatic heterocycles. The van der Waals surface area contributed by atoms with Crippen molar-refractivity contribution in [2.45, 2.75) is 6.92 Å². The Morgan fingerprint density at radius 3 is 2.94 bits per heavy atom. The number of benzene rings is 1. The fourth-order valence-corrected chi connectivity index (χ4v) is 1.32. The zero-order valence-electron chi connectivity index (χ0n) is 9.07. The van der Waals surface area contributed by atoms with Crippen molar-refractivity contribution < 1.29 is 9.53 Å². The summed E-state index contributed by atoms with van der Waals surface area (Å²) in [6, 6.07) is 5.02. The number of nitrogens with two attached hydrogens (primary N) is 1. The maximum Gasteiger partial charge on any atom is 0.338 e. The van der Waals surface area contributed by atoms with Gasteiger partial charge in [0.05, 0.1) is 12.2 Å². The molecule has 2 N–H and O–H groups in total. The van der Waals surface area contributed by atoms with Crippen LogP contribution in [-0.4, -0.2) is 18.5 Å². The van der Waals surface area contributed by atoms with Crippen molar-refractivity contribution in [3.05, 3.63) is 35.4 Å². The molecule has 0 heterocycles. The summed E-state index contributed by atoms with van der Waals surface area (Å²) in [7, 11) is 0. The van der Waals surface area contributed by atoms with Gasteiger partial charge >= 0.3 is 5.97 Å². The highest BCUT2D eigenvalue weighted by molar-refractivity contribution is 6.19. The van der Waals surface area contributed by atoms with Crippen molar-refractivity contribution in [1.82, 2.24) is 0 Å². The standard InChI is InChI=1S/C12H14ClNO2/c1-2-16-12(15)10-5-6-11(14)9(8-10)4-3-7-13/h3-6,8H,2,7,14H2,1H3. The van der Waals surface area contributed by atoms with Gasteiger partial charge in [0, 0.05) is 11.6 Å². The highest BCUT2D eigenvalue weighted by atomic mass is 35.5. The Bertz CT molecular complexity index is 402. The largest absolute Gasteiger partial charge is 0.462 e. The van der Waals surface area contributed by atoms with Gasteiger partial charge in [-0.2, -0.15) is 0 Å². The van der Waals surface area contributed by atoms with Crippen LogP contribution in [0.4, 0.5) is 5.69 Å². The van der Waals surface area contributed by atoms with E-state index in [4.69, 9.17) is 22.1 Å². The zero-order valence-corrected chi connectivity index (χ0v) is 9.83. The molecule has 0 unspecified atom stereocenters. The lowest BCUT2D eigenvalue weighted by Crippen LogP contribution is -2.05. The maximum absolute atomic E-state index is 11.5. The fraction of sp³-hybridized carbons (Fsp3) is 0.250. The van der Waals surface area contributed by atoms with Crippen molar-refractivity contribution in [3.63, 3.8) is 0 Å². The van der Waals surface area contributed by atoms with Crippen LogP contribution in [0.3, 0.4) is 0 Å². The van der Waals surface area contributed by atoms with E-state index < -0.39 is 0 Å². The average Bonchev–Trinajstić information content (AvgIpc) is 2.28. The molecule has 0 fully saturated rings. The van der Waals surface area contributed by atoms with Crippen molar-refractivity contribution >= 4 is 29.3 Å². The van der Waals surface area contributed by atoms with Crippen LogP contribution in [-0.2, 0) is 4.74 Å². The molecule has 0 aliphatic carbocycles. The van der Waals surface area contributed by atoms with E-state index >= 15 is 0 Å². The van der Waals surface area contributed by atoms with Crippen molar-refractivity contribution in [2.24, 2.45) is 0 Å². The van der Waals surface area contributed by atoms with Crippen LogP contribution in [0.5, 0.6) is 0 Å². The average molecular weight is 240 g/mol. The second-order valence-corrected chi connectivity index (χ2v) is 3.43. The number of rotatable bonds is 4. The van der Waals surface area contributed by atoms with Crippen molar-refractivity contribution in [1.29, 1.82) is 0 Å². The first-order chi connectivity index (χ1) is 7.69. The Kier molecular flexibility index (Phi) is 4.86. The summed E-state index contributed by atoms with van der Waals surface area (Å²) >= 11 is 5.54. The summed E-state index contributed by atoms with van der Waals surface area (Å²) in [6.07, 6.45) is 3.55. The Balaban J connectivity index is 2.97. The minimum atomic E-state index is -0.344. The molecule has 1 aromatic rings. The van der Waals surface area contributed by atoms with E-state index in [0.29, 0.717) is 23.7 Å². The Morgan fingerprint density at radius 2 is 2.31 bits per heavy atom. The van der Waals surface area contributed by atoms with E-state index in [9.17, 15) is 4.79 Å². The third-order valence-corrected chi connectivity index (χ3v) is 2.16. The molecule has 0 radical (unpaired) electrons. The number of ether oxygens (including phenoxy) is 1. The van der Waals surface area contributed by atoms with Gasteiger partial charge in [-0.15, -0.1) is 11.6 Å². The molecule has 1 rings (SSSR count). The number of carbonyl (C=O) groups excluding carboxylic acids is 1. The first-order valence-corrected chi connectivity index (χ1v) is 5.51. The highest BCUT2D eigenvalue weighted by Crippen LogP contribution is 2.16. The number of carbonyl (C=O) groups is 1. The maximum atomic E-state index is 11.5. The number of esters is 1. The van der Waals surface area contributed by atoms with Crippen molar-refractivity contribution in [2.75, 3.05) is 18.2 Å². The van der Waals surface area contributed by atoms with Gasteiger partial charge in [0.2, 0.25) is 0 Å². The number of alkyl halides is 1. The summed E-state index contributed by atoms with van der Waals surface area (Å²) in [4.78, 5) is 11.5. The summed E-state index contributed by atoms with van der Waals surface area (Å²) < 4.78 is 4.90. The van der Waals surface area contributed by atoms with Gasteiger partial charge < -0.3 is 10.5 Å². The lowest BCUT2D eigenvalue weighted by molar-refractivity contribution is 0.0526. The molecular formula is C12H14ClNO2. The van der Waals surface area contributed by atoms with E-state index in [0.717, 1.165) is 5.56 Å². The molecular weight excluding hydrogens is 226 g/mol. The fourth-order valence-electron chi connectivity index (χ4n) is 1.23. The van der Waals surface area contributed by atoms with Crippen LogP contribution in [0.1, 0.15) is 22.8 Å². The monoisotopic (exact) mass is 239 g/mol. The van der Waals surface area contributed by atoms with Gasteiger partial charge in [-0.05, 0) is 30.7 Å². The Hall–Kier alpha value is -1.48. The number of anilines is 1. The molecule has 0 aliphatic heterocycles. The number of allylic oxidation sites excluding steroid dienone is 1. The minimum Gasteiger partial charge on any atom is -0.462 e. The molecule has 0 spiro atoms. The molecule has 86 valence electrons. The minimum absolute atomic E-state index is 0.344. The molecule has 0 aliphatic rings. The molecule has 1 aromatic carbocycles. The topological polar surface area (TPSA) is 52.3 Å². The third kappa shape index (κ3) is 3.28. The molecule has 0 amide bonds. The first-order valence-electron chi connectivity index (χ1n) is 4.98. The zero-order chi connectivity index (χ0) is 12.0. The van der Waals surface area contributed by atoms with E-state index in [2.05, 4.69) is 0 Å². The van der Waals surface area contributed by atoms with Gasteiger partial charge in [0.25, 0.3) is 0 Å². The molecule has 0 bridgehead atoms. The lowest BCUT2D eigenvalue weighted by atomic mass is 10.1. The summed E-state index contributed by atoms with van der Waals surface area (Å²) in [6.45, 7) is 2.12.